The maximum absolute atomic E-state index is 13.0. The van der Waals surface area contributed by atoms with Crippen LogP contribution >= 0.6 is 11.3 Å². The molecule has 3 unspecified atom stereocenters. The van der Waals surface area contributed by atoms with E-state index in [0.29, 0.717) is 17.9 Å². The fourth-order valence-electron chi connectivity index (χ4n) is 3.99. The molecule has 3 fully saturated rings. The first-order valence-electron chi connectivity index (χ1n) is 7.93. The summed E-state index contributed by atoms with van der Waals surface area (Å²) in [5.74, 6) is 0.883. The summed E-state index contributed by atoms with van der Waals surface area (Å²) in [5, 5.41) is 5.75. The Hall–Kier alpha value is -0.910. The molecule has 5 heteroatoms. The standard InChI is InChI=1S/C16H23N3OS/c1-11-10-18(2)8-5-12(11)19-14(13-4-3-9-21-13)17-16(6-7-16)15(19)20/h3-4,9,11-12,14,17H,5-8,10H2,1-2H3. The molecule has 21 heavy (non-hydrogen) atoms. The molecular formula is C16H23N3OS. The molecule has 1 aromatic heterocycles. The van der Waals surface area contributed by atoms with Gasteiger partial charge in [-0.05, 0) is 50.2 Å². The van der Waals surface area contributed by atoms with Crippen molar-refractivity contribution in [1.82, 2.24) is 15.1 Å². The summed E-state index contributed by atoms with van der Waals surface area (Å²) in [6, 6.07) is 4.61. The monoisotopic (exact) mass is 305 g/mol. The summed E-state index contributed by atoms with van der Waals surface area (Å²) in [5.41, 5.74) is -0.224. The molecule has 1 aliphatic carbocycles. The number of amides is 1. The zero-order valence-electron chi connectivity index (χ0n) is 12.7. The first-order valence-corrected chi connectivity index (χ1v) is 8.81. The van der Waals surface area contributed by atoms with Gasteiger partial charge in [-0.15, -0.1) is 11.3 Å². The van der Waals surface area contributed by atoms with Crippen molar-refractivity contribution in [2.45, 2.75) is 43.9 Å². The first-order chi connectivity index (χ1) is 10.1. The molecule has 1 saturated carbocycles. The molecule has 1 N–H and O–H groups in total. The second kappa shape index (κ2) is 4.80. The van der Waals surface area contributed by atoms with E-state index in [1.807, 2.05) is 0 Å². The quantitative estimate of drug-likeness (QED) is 0.908. The zero-order valence-corrected chi connectivity index (χ0v) is 13.5. The second-order valence-corrected chi connectivity index (χ2v) is 7.93. The lowest BCUT2D eigenvalue weighted by Gasteiger charge is -2.42. The van der Waals surface area contributed by atoms with Crippen LogP contribution in [-0.2, 0) is 4.79 Å². The van der Waals surface area contributed by atoms with Crippen LogP contribution in [0.2, 0.25) is 0 Å². The van der Waals surface area contributed by atoms with Gasteiger partial charge < -0.3 is 9.80 Å². The average molecular weight is 305 g/mol. The fraction of sp³-hybridized carbons (Fsp3) is 0.688. The van der Waals surface area contributed by atoms with E-state index in [2.05, 4.69) is 46.6 Å². The lowest BCUT2D eigenvalue weighted by molar-refractivity contribution is -0.135. The maximum Gasteiger partial charge on any atom is 0.244 e. The number of hydrogen-bond donors (Lipinski definition) is 1. The van der Waals surface area contributed by atoms with E-state index < -0.39 is 0 Å². The molecule has 3 aliphatic rings. The number of thiophene rings is 1. The highest BCUT2D eigenvalue weighted by molar-refractivity contribution is 7.10. The number of nitrogens with one attached hydrogen (secondary N) is 1. The molecule has 3 heterocycles. The van der Waals surface area contributed by atoms with E-state index in [0.717, 1.165) is 32.4 Å². The number of carbonyl (C=O) groups excluding carboxylic acids is 1. The molecule has 0 aromatic carbocycles. The molecule has 1 amide bonds. The van der Waals surface area contributed by atoms with Gasteiger partial charge in [-0.1, -0.05) is 13.0 Å². The Morgan fingerprint density at radius 2 is 2.24 bits per heavy atom. The SMILES string of the molecule is CC1CN(C)CCC1N1C(=O)C2(CC2)NC1c1cccs1. The molecule has 3 atom stereocenters. The maximum atomic E-state index is 13.0. The number of carbonyl (C=O) groups is 1. The van der Waals surface area contributed by atoms with Crippen LogP contribution in [0.15, 0.2) is 17.5 Å². The third kappa shape index (κ3) is 2.14. The van der Waals surface area contributed by atoms with Gasteiger partial charge in [-0.25, -0.2) is 0 Å². The predicted octanol–water partition coefficient (Wildman–Crippen LogP) is 2.05. The summed E-state index contributed by atoms with van der Waals surface area (Å²) in [6.07, 6.45) is 3.19. The summed E-state index contributed by atoms with van der Waals surface area (Å²) in [7, 11) is 2.18. The number of piperidine rings is 1. The normalized spacial score (nSPS) is 35.6. The first kappa shape index (κ1) is 13.7. The Morgan fingerprint density at radius 3 is 2.86 bits per heavy atom. The third-order valence-corrected chi connectivity index (χ3v) is 6.24. The van der Waals surface area contributed by atoms with Crippen molar-refractivity contribution in [2.24, 2.45) is 5.92 Å². The van der Waals surface area contributed by atoms with Crippen molar-refractivity contribution in [1.29, 1.82) is 0 Å². The summed E-state index contributed by atoms with van der Waals surface area (Å²) in [6.45, 7) is 4.46. The van der Waals surface area contributed by atoms with E-state index in [1.54, 1.807) is 11.3 Å². The molecule has 0 radical (unpaired) electrons. The molecule has 4 rings (SSSR count). The number of nitrogens with zero attached hydrogens (tertiary/aromatic N) is 2. The van der Waals surface area contributed by atoms with Crippen molar-refractivity contribution >= 4 is 17.2 Å². The van der Waals surface area contributed by atoms with Gasteiger partial charge in [0.25, 0.3) is 0 Å². The molecule has 1 aromatic rings. The van der Waals surface area contributed by atoms with Crippen molar-refractivity contribution in [3.8, 4) is 0 Å². The fourth-order valence-corrected chi connectivity index (χ4v) is 4.77. The van der Waals surface area contributed by atoms with Crippen LogP contribution in [-0.4, -0.2) is 47.4 Å². The van der Waals surface area contributed by atoms with Gasteiger partial charge in [-0.3, -0.25) is 10.1 Å². The van der Waals surface area contributed by atoms with Gasteiger partial charge >= 0.3 is 0 Å². The molecule has 4 nitrogen and oxygen atoms in total. The molecule has 114 valence electrons. The van der Waals surface area contributed by atoms with Crippen LogP contribution in [0, 0.1) is 5.92 Å². The topological polar surface area (TPSA) is 35.6 Å². The van der Waals surface area contributed by atoms with Crippen LogP contribution in [0.5, 0.6) is 0 Å². The zero-order chi connectivity index (χ0) is 14.6. The highest BCUT2D eigenvalue weighted by Crippen LogP contribution is 2.48. The summed E-state index contributed by atoms with van der Waals surface area (Å²) < 4.78 is 0. The lowest BCUT2D eigenvalue weighted by Crippen LogP contribution is -2.51. The average Bonchev–Trinajstić information content (AvgIpc) is 2.92. The predicted molar refractivity (Wildman–Crippen MR) is 84.1 cm³/mol. The Morgan fingerprint density at radius 1 is 1.43 bits per heavy atom. The Bertz CT molecular complexity index is 540. The van der Waals surface area contributed by atoms with Crippen LogP contribution in [0.1, 0.15) is 37.2 Å². The second-order valence-electron chi connectivity index (χ2n) is 6.95. The van der Waals surface area contributed by atoms with Crippen LogP contribution < -0.4 is 5.32 Å². The molecule has 1 spiro atoms. The molecule has 2 saturated heterocycles. The van der Waals surface area contributed by atoms with Crippen LogP contribution in [0.4, 0.5) is 0 Å². The number of rotatable bonds is 2. The van der Waals surface area contributed by atoms with Crippen molar-refractivity contribution < 1.29 is 4.79 Å². The molecule has 2 aliphatic heterocycles. The van der Waals surface area contributed by atoms with Gasteiger partial charge in [-0.2, -0.15) is 0 Å². The molecule has 0 bridgehead atoms. The summed E-state index contributed by atoms with van der Waals surface area (Å²) >= 11 is 1.75. The lowest BCUT2D eigenvalue weighted by atomic mass is 9.92. The van der Waals surface area contributed by atoms with E-state index in [4.69, 9.17) is 0 Å². The third-order valence-electron chi connectivity index (χ3n) is 5.32. The van der Waals surface area contributed by atoms with Crippen LogP contribution in [0.25, 0.3) is 0 Å². The summed E-state index contributed by atoms with van der Waals surface area (Å²) in [4.78, 5) is 18.8. The number of hydrogen-bond acceptors (Lipinski definition) is 4. The Balaban J connectivity index is 1.65. The minimum Gasteiger partial charge on any atom is -0.317 e. The largest absolute Gasteiger partial charge is 0.317 e. The van der Waals surface area contributed by atoms with Gasteiger partial charge in [0.15, 0.2) is 0 Å². The van der Waals surface area contributed by atoms with Gasteiger partial charge in [0.1, 0.15) is 11.7 Å². The van der Waals surface area contributed by atoms with Crippen LogP contribution in [0.3, 0.4) is 0 Å². The smallest absolute Gasteiger partial charge is 0.244 e. The van der Waals surface area contributed by atoms with E-state index >= 15 is 0 Å². The minimum absolute atomic E-state index is 0.0934. The Kier molecular flexibility index (Phi) is 3.14. The Labute approximate surface area is 130 Å². The van der Waals surface area contributed by atoms with E-state index in [-0.39, 0.29) is 11.7 Å². The van der Waals surface area contributed by atoms with Crippen molar-refractivity contribution in [3.63, 3.8) is 0 Å². The van der Waals surface area contributed by atoms with E-state index in [9.17, 15) is 4.79 Å². The van der Waals surface area contributed by atoms with Crippen molar-refractivity contribution in [2.75, 3.05) is 20.1 Å². The van der Waals surface area contributed by atoms with Gasteiger partial charge in [0.2, 0.25) is 5.91 Å². The number of likely N-dealkylation sites (tertiary alicyclic amines) is 1. The minimum atomic E-state index is -0.224. The highest BCUT2D eigenvalue weighted by Gasteiger charge is 2.61. The molecular weight excluding hydrogens is 282 g/mol. The highest BCUT2D eigenvalue weighted by atomic mass is 32.1. The van der Waals surface area contributed by atoms with Gasteiger partial charge in [0.05, 0.1) is 0 Å². The van der Waals surface area contributed by atoms with Gasteiger partial charge in [0, 0.05) is 17.5 Å². The van der Waals surface area contributed by atoms with Crippen molar-refractivity contribution in [3.05, 3.63) is 22.4 Å². The van der Waals surface area contributed by atoms with E-state index in [1.165, 1.54) is 4.88 Å².